The molecule has 0 saturated heterocycles. The number of hydrogen-bond acceptors (Lipinski definition) is 4. The van der Waals surface area contributed by atoms with E-state index >= 15 is 0 Å². The van der Waals surface area contributed by atoms with Gasteiger partial charge in [-0.2, -0.15) is 0 Å². The second-order valence-corrected chi connectivity index (χ2v) is 12.1. The van der Waals surface area contributed by atoms with E-state index in [4.69, 9.17) is 9.79 Å². The van der Waals surface area contributed by atoms with E-state index in [2.05, 4.69) is 10.3 Å². The molecule has 0 spiro atoms. The maximum Gasteiger partial charge on any atom is 0.325 e. The van der Waals surface area contributed by atoms with Crippen molar-refractivity contribution in [2.24, 2.45) is 0 Å². The first kappa shape index (κ1) is 27.3. The third-order valence-corrected chi connectivity index (χ3v) is 8.55. The van der Waals surface area contributed by atoms with E-state index < -0.39 is 7.60 Å². The third-order valence-electron chi connectivity index (χ3n) is 6.55. The maximum atomic E-state index is 14.6. The molecule has 1 fully saturated rings. The van der Waals surface area contributed by atoms with Crippen LogP contribution < -0.4 is 5.32 Å². The van der Waals surface area contributed by atoms with Crippen molar-refractivity contribution in [1.29, 1.82) is 0 Å². The van der Waals surface area contributed by atoms with Crippen LogP contribution in [0.5, 0.6) is 0 Å². The van der Waals surface area contributed by atoms with E-state index in [0.29, 0.717) is 30.1 Å². The highest BCUT2D eigenvalue weighted by Crippen LogP contribution is 2.44. The summed E-state index contributed by atoms with van der Waals surface area (Å²) in [5, 5.41) is 3.03. The van der Waals surface area contributed by atoms with Gasteiger partial charge in [-0.25, -0.2) is 8.78 Å². The Morgan fingerprint density at radius 1 is 1.06 bits per heavy atom. The highest BCUT2D eigenvalue weighted by molar-refractivity contribution is 7.99. The van der Waals surface area contributed by atoms with Gasteiger partial charge in [0.15, 0.2) is 0 Å². The zero-order valence-electron chi connectivity index (χ0n) is 19.5. The molecule has 1 aliphatic carbocycles. The zero-order valence-corrected chi connectivity index (χ0v) is 21.2. The lowest BCUT2D eigenvalue weighted by atomic mass is 9.66. The normalized spacial score (nSPS) is 16.0. The van der Waals surface area contributed by atoms with E-state index in [1.165, 1.54) is 24.2 Å². The highest BCUT2D eigenvalue weighted by atomic mass is 32.2. The fourth-order valence-electron chi connectivity index (χ4n) is 4.81. The number of nitrogens with zero attached hydrogens (tertiary/aromatic N) is 1. The smallest absolute Gasteiger partial charge is 0.324 e. The first-order valence-electron chi connectivity index (χ1n) is 12.1. The number of aromatic nitrogens is 1. The first-order chi connectivity index (χ1) is 16.3. The lowest BCUT2D eigenvalue weighted by Gasteiger charge is -2.38. The van der Waals surface area contributed by atoms with Crippen molar-refractivity contribution >= 4 is 19.4 Å². The molecule has 0 radical (unpaired) electrons. The predicted octanol–water partition coefficient (Wildman–Crippen LogP) is 6.18. The zero-order chi connectivity index (χ0) is 24.4. The third kappa shape index (κ3) is 8.42. The summed E-state index contributed by atoms with van der Waals surface area (Å²) in [7, 11) is -3.97. The molecule has 1 aromatic carbocycles. The number of unbranched alkanes of at least 4 members (excludes halogenated alkanes) is 1. The van der Waals surface area contributed by atoms with Crippen LogP contribution in [0.15, 0.2) is 41.4 Å². The van der Waals surface area contributed by atoms with Gasteiger partial charge in [-0.3, -0.25) is 9.55 Å². The molecule has 0 amide bonds. The standard InChI is InChI=1S/C25H35F2N2O3PS/c26-22-10-3-2-9-21(22)25(11-4-1-5-12-25)13-6-7-16-34-24-19-29-20(17-23(24)27)18-28-14-8-15-33(30,31)32/h2-3,9-10,17,19,28H,1,4-8,11-16,18H2,(H2,30,31,32). The second kappa shape index (κ2) is 13.1. The first-order valence-corrected chi connectivity index (χ1v) is 14.8. The Bertz CT molecular complexity index is 967. The van der Waals surface area contributed by atoms with Crippen LogP contribution in [0.25, 0.3) is 0 Å². The summed E-state index contributed by atoms with van der Waals surface area (Å²) in [5.41, 5.74) is 1.35. The lowest BCUT2D eigenvalue weighted by Crippen LogP contribution is -2.30. The fourth-order valence-corrected chi connectivity index (χ4v) is 6.27. The maximum absolute atomic E-state index is 14.6. The Morgan fingerprint density at radius 2 is 1.82 bits per heavy atom. The van der Waals surface area contributed by atoms with Crippen LogP contribution in [-0.4, -0.2) is 33.2 Å². The summed E-state index contributed by atoms with van der Waals surface area (Å²) in [6.45, 7) is 0.778. The van der Waals surface area contributed by atoms with Crippen molar-refractivity contribution in [3.05, 3.63) is 59.4 Å². The number of thioether (sulfide) groups is 1. The number of pyridine rings is 1. The van der Waals surface area contributed by atoms with Gasteiger partial charge in [0.1, 0.15) is 11.6 Å². The minimum absolute atomic E-state index is 0.0684. The molecule has 188 valence electrons. The van der Waals surface area contributed by atoms with Gasteiger partial charge < -0.3 is 15.1 Å². The van der Waals surface area contributed by atoms with Gasteiger partial charge in [0.25, 0.3) is 0 Å². The molecule has 3 rings (SSSR count). The predicted molar refractivity (Wildman–Crippen MR) is 133 cm³/mol. The molecule has 0 aliphatic heterocycles. The minimum Gasteiger partial charge on any atom is -0.324 e. The molecule has 1 heterocycles. The summed E-state index contributed by atoms with van der Waals surface area (Å²) in [6.07, 6.45) is 10.2. The number of benzene rings is 1. The minimum atomic E-state index is -3.97. The quantitative estimate of drug-likeness (QED) is 0.169. The van der Waals surface area contributed by atoms with Crippen LogP contribution >= 0.6 is 19.4 Å². The Labute approximate surface area is 205 Å². The van der Waals surface area contributed by atoms with Crippen LogP contribution in [-0.2, 0) is 16.5 Å². The molecule has 5 nitrogen and oxygen atoms in total. The van der Waals surface area contributed by atoms with Gasteiger partial charge in [0, 0.05) is 12.7 Å². The highest BCUT2D eigenvalue weighted by Gasteiger charge is 2.35. The van der Waals surface area contributed by atoms with Crippen LogP contribution in [0, 0.1) is 11.6 Å². The monoisotopic (exact) mass is 512 g/mol. The molecule has 1 saturated carbocycles. The van der Waals surface area contributed by atoms with E-state index in [1.54, 1.807) is 18.3 Å². The molecular weight excluding hydrogens is 477 g/mol. The fraction of sp³-hybridized carbons (Fsp3) is 0.560. The van der Waals surface area contributed by atoms with Crippen LogP contribution in [0.3, 0.4) is 0 Å². The Balaban J connectivity index is 1.42. The average Bonchev–Trinajstić information content (AvgIpc) is 2.80. The second-order valence-electron chi connectivity index (χ2n) is 9.15. The molecule has 9 heteroatoms. The number of rotatable bonds is 13. The molecule has 1 aromatic heterocycles. The number of halogens is 2. The largest absolute Gasteiger partial charge is 0.325 e. The number of hydrogen-bond donors (Lipinski definition) is 3. The Morgan fingerprint density at radius 3 is 2.53 bits per heavy atom. The van der Waals surface area contributed by atoms with E-state index in [1.807, 2.05) is 12.1 Å². The Kier molecular flexibility index (Phi) is 10.5. The van der Waals surface area contributed by atoms with Crippen LogP contribution in [0.2, 0.25) is 0 Å². The summed E-state index contributed by atoms with van der Waals surface area (Å²) < 4.78 is 39.9. The number of nitrogens with one attached hydrogen (secondary N) is 1. The molecule has 0 bridgehead atoms. The van der Waals surface area contributed by atoms with Crippen molar-refractivity contribution in [3.63, 3.8) is 0 Å². The summed E-state index contributed by atoms with van der Waals surface area (Å²) >= 11 is 1.46. The molecule has 0 atom stereocenters. The van der Waals surface area contributed by atoms with Gasteiger partial charge in [0.05, 0.1) is 16.8 Å². The van der Waals surface area contributed by atoms with Crippen LogP contribution in [0.1, 0.15) is 69.0 Å². The summed E-state index contributed by atoms with van der Waals surface area (Å²) in [4.78, 5) is 22.5. The van der Waals surface area contributed by atoms with Crippen LogP contribution in [0.4, 0.5) is 8.78 Å². The SMILES string of the molecule is O=P(O)(O)CCCNCc1cc(F)c(SCCCCC2(c3ccccc3F)CCCCC2)cn1. The van der Waals surface area contributed by atoms with Gasteiger partial charge in [-0.15, -0.1) is 11.8 Å². The van der Waals surface area contributed by atoms with Crippen molar-refractivity contribution in [2.45, 2.75) is 74.6 Å². The van der Waals surface area contributed by atoms with E-state index in [0.717, 1.165) is 56.3 Å². The summed E-state index contributed by atoms with van der Waals surface area (Å²) in [5.74, 6) is 0.386. The molecule has 1 aliphatic rings. The van der Waals surface area contributed by atoms with Crippen molar-refractivity contribution in [1.82, 2.24) is 10.3 Å². The van der Waals surface area contributed by atoms with E-state index in [-0.39, 0.29) is 23.2 Å². The molecule has 3 N–H and O–H groups in total. The van der Waals surface area contributed by atoms with Gasteiger partial charge in [-0.05, 0) is 67.5 Å². The van der Waals surface area contributed by atoms with Crippen molar-refractivity contribution in [2.75, 3.05) is 18.5 Å². The molecular formula is C25H35F2N2O3PS. The van der Waals surface area contributed by atoms with Gasteiger partial charge >= 0.3 is 7.60 Å². The molecule has 2 aromatic rings. The Hall–Kier alpha value is -1.31. The van der Waals surface area contributed by atoms with Gasteiger partial charge in [0.2, 0.25) is 0 Å². The van der Waals surface area contributed by atoms with Gasteiger partial charge in [-0.1, -0.05) is 43.9 Å². The average molecular weight is 513 g/mol. The van der Waals surface area contributed by atoms with E-state index in [9.17, 15) is 13.3 Å². The topological polar surface area (TPSA) is 82.5 Å². The van der Waals surface area contributed by atoms with Crippen molar-refractivity contribution < 1.29 is 23.1 Å². The molecule has 0 unspecified atom stereocenters. The lowest BCUT2D eigenvalue weighted by molar-refractivity contribution is 0.260. The molecule has 34 heavy (non-hydrogen) atoms. The summed E-state index contributed by atoms with van der Waals surface area (Å²) in [6, 6.07) is 8.61. The van der Waals surface area contributed by atoms with Crippen molar-refractivity contribution in [3.8, 4) is 0 Å².